The monoisotopic (exact) mass is 354 g/mol. The van der Waals surface area contributed by atoms with Crippen molar-refractivity contribution >= 4 is 33.2 Å². The Balaban J connectivity index is 2.32. The maximum Gasteiger partial charge on any atom is 0.258 e. The van der Waals surface area contributed by atoms with Gasteiger partial charge >= 0.3 is 0 Å². The average molecular weight is 355 g/mol. The second-order valence-corrected chi connectivity index (χ2v) is 5.38. The van der Waals surface area contributed by atoms with Crippen molar-refractivity contribution in [1.29, 1.82) is 0 Å². The average Bonchev–Trinajstić information content (AvgIpc) is 2.44. The molecule has 3 N–H and O–H groups in total. The lowest BCUT2D eigenvalue weighted by molar-refractivity contribution is 0.102. The van der Waals surface area contributed by atoms with Crippen LogP contribution in [0.3, 0.4) is 0 Å². The molecule has 0 fully saturated rings. The topological polar surface area (TPSA) is 55.1 Å². The molecule has 0 atom stereocenters. The lowest BCUT2D eigenvalue weighted by atomic mass is 10.1. The van der Waals surface area contributed by atoms with E-state index in [4.69, 9.17) is 5.73 Å². The summed E-state index contributed by atoms with van der Waals surface area (Å²) in [5.74, 6) is -2.51. The van der Waals surface area contributed by atoms with Gasteiger partial charge in [0.15, 0.2) is 0 Å². The molecule has 0 bridgehead atoms. The number of halogens is 3. The zero-order valence-corrected chi connectivity index (χ0v) is 12.8. The molecule has 110 valence electrons. The molecule has 2 aromatic rings. The first-order chi connectivity index (χ1) is 9.92. The van der Waals surface area contributed by atoms with E-state index in [0.29, 0.717) is 18.2 Å². The lowest BCUT2D eigenvalue weighted by Gasteiger charge is -2.11. The summed E-state index contributed by atoms with van der Waals surface area (Å²) in [5, 5.41) is 2.61. The van der Waals surface area contributed by atoms with Crippen LogP contribution < -0.4 is 11.1 Å². The summed E-state index contributed by atoms with van der Waals surface area (Å²) in [7, 11) is 0. The van der Waals surface area contributed by atoms with Crippen LogP contribution in [0.15, 0.2) is 34.8 Å². The Labute approximate surface area is 129 Å². The zero-order valence-electron chi connectivity index (χ0n) is 11.2. The smallest absolute Gasteiger partial charge is 0.258 e. The highest BCUT2D eigenvalue weighted by molar-refractivity contribution is 9.10. The molecule has 0 aliphatic carbocycles. The number of amides is 1. The molecule has 3 nitrogen and oxygen atoms in total. The van der Waals surface area contributed by atoms with Crippen LogP contribution in [0, 0.1) is 11.6 Å². The van der Waals surface area contributed by atoms with Gasteiger partial charge in [0.05, 0.1) is 11.3 Å². The third-order valence-corrected chi connectivity index (χ3v) is 3.52. The molecule has 0 unspecified atom stereocenters. The highest BCUT2D eigenvalue weighted by Crippen LogP contribution is 2.23. The Hall–Kier alpha value is -1.95. The third-order valence-electron chi connectivity index (χ3n) is 3.03. The molecule has 6 heteroatoms. The summed E-state index contributed by atoms with van der Waals surface area (Å²) in [6.45, 7) is 1.94. The van der Waals surface area contributed by atoms with E-state index in [2.05, 4.69) is 21.2 Å². The van der Waals surface area contributed by atoms with Crippen molar-refractivity contribution in [2.75, 3.05) is 11.1 Å². The van der Waals surface area contributed by atoms with Crippen molar-refractivity contribution in [1.82, 2.24) is 0 Å². The molecule has 0 saturated carbocycles. The number of carbonyl (C=O) groups is 1. The largest absolute Gasteiger partial charge is 0.396 e. The summed E-state index contributed by atoms with van der Waals surface area (Å²) in [5.41, 5.74) is 6.28. The number of nitrogens with two attached hydrogens (primary N) is 1. The fraction of sp³-hybridized carbons (Fsp3) is 0.133. The van der Waals surface area contributed by atoms with Crippen LogP contribution in [-0.4, -0.2) is 5.91 Å². The van der Waals surface area contributed by atoms with Gasteiger partial charge in [0.25, 0.3) is 5.91 Å². The minimum Gasteiger partial charge on any atom is -0.396 e. The van der Waals surface area contributed by atoms with Gasteiger partial charge in [-0.2, -0.15) is 0 Å². The van der Waals surface area contributed by atoms with Gasteiger partial charge in [-0.25, -0.2) is 8.78 Å². The normalized spacial score (nSPS) is 10.5. The fourth-order valence-electron chi connectivity index (χ4n) is 1.91. The molecule has 2 rings (SSSR count). The van der Waals surface area contributed by atoms with Crippen molar-refractivity contribution in [2.45, 2.75) is 13.3 Å². The molecular formula is C15H13BrF2N2O. The SMILES string of the molecule is CCc1cc(Br)ccc1NC(=O)c1cc(N)c(F)cc1F. The molecule has 0 radical (unpaired) electrons. The molecule has 0 saturated heterocycles. The highest BCUT2D eigenvalue weighted by Gasteiger charge is 2.16. The van der Waals surface area contributed by atoms with Gasteiger partial charge < -0.3 is 11.1 Å². The van der Waals surface area contributed by atoms with Gasteiger partial charge in [-0.3, -0.25) is 4.79 Å². The van der Waals surface area contributed by atoms with Crippen molar-refractivity contribution in [3.8, 4) is 0 Å². The van der Waals surface area contributed by atoms with Crippen molar-refractivity contribution in [3.63, 3.8) is 0 Å². The van der Waals surface area contributed by atoms with Crippen LogP contribution in [0.1, 0.15) is 22.8 Å². The van der Waals surface area contributed by atoms with Crippen molar-refractivity contribution in [2.24, 2.45) is 0 Å². The van der Waals surface area contributed by atoms with Crippen LogP contribution >= 0.6 is 15.9 Å². The maximum atomic E-state index is 13.7. The highest BCUT2D eigenvalue weighted by atomic mass is 79.9. The lowest BCUT2D eigenvalue weighted by Crippen LogP contribution is -2.15. The van der Waals surface area contributed by atoms with Crippen LogP contribution in [0.4, 0.5) is 20.2 Å². The number of hydrogen-bond donors (Lipinski definition) is 2. The standard InChI is InChI=1S/C15H13BrF2N2O/c1-2-8-5-9(16)3-4-14(8)20-15(21)10-6-13(19)12(18)7-11(10)17/h3-7H,2,19H2,1H3,(H,20,21). The summed E-state index contributed by atoms with van der Waals surface area (Å²) in [6, 6.07) is 6.94. The van der Waals surface area contributed by atoms with Crippen LogP contribution in [0.25, 0.3) is 0 Å². The molecule has 21 heavy (non-hydrogen) atoms. The number of hydrogen-bond acceptors (Lipinski definition) is 2. The number of anilines is 2. The van der Waals surface area contributed by atoms with E-state index in [1.807, 2.05) is 13.0 Å². The first-order valence-corrected chi connectivity index (χ1v) is 7.06. The Kier molecular flexibility index (Phi) is 4.57. The molecule has 0 spiro atoms. The Morgan fingerprint density at radius 2 is 1.95 bits per heavy atom. The number of carbonyl (C=O) groups excluding carboxylic acids is 1. The van der Waals surface area contributed by atoms with E-state index in [0.717, 1.165) is 16.1 Å². The second kappa shape index (κ2) is 6.22. The van der Waals surface area contributed by atoms with Crippen molar-refractivity contribution < 1.29 is 13.6 Å². The summed E-state index contributed by atoms with van der Waals surface area (Å²) < 4.78 is 27.7. The van der Waals surface area contributed by atoms with Crippen LogP contribution in [0.2, 0.25) is 0 Å². The number of benzene rings is 2. The number of nitrogen functional groups attached to an aromatic ring is 1. The molecule has 0 heterocycles. The number of nitrogens with one attached hydrogen (secondary N) is 1. The van der Waals surface area contributed by atoms with Crippen molar-refractivity contribution in [3.05, 3.63) is 57.6 Å². The number of rotatable bonds is 3. The third kappa shape index (κ3) is 3.39. The van der Waals surface area contributed by atoms with E-state index in [1.165, 1.54) is 0 Å². The van der Waals surface area contributed by atoms with Gasteiger partial charge in [0.2, 0.25) is 0 Å². The van der Waals surface area contributed by atoms with Gasteiger partial charge in [0, 0.05) is 16.2 Å². The number of aryl methyl sites for hydroxylation is 1. The van der Waals surface area contributed by atoms with Crippen LogP contribution in [0.5, 0.6) is 0 Å². The molecular weight excluding hydrogens is 342 g/mol. The van der Waals surface area contributed by atoms with Gasteiger partial charge in [-0.1, -0.05) is 22.9 Å². The fourth-order valence-corrected chi connectivity index (χ4v) is 2.31. The first-order valence-electron chi connectivity index (χ1n) is 6.26. The minimum atomic E-state index is -0.950. The summed E-state index contributed by atoms with van der Waals surface area (Å²) >= 11 is 3.35. The molecule has 0 aliphatic rings. The molecule has 0 aliphatic heterocycles. The summed E-state index contributed by atoms with van der Waals surface area (Å²) in [6.07, 6.45) is 0.698. The second-order valence-electron chi connectivity index (χ2n) is 4.46. The quantitative estimate of drug-likeness (QED) is 0.814. The minimum absolute atomic E-state index is 0.270. The van der Waals surface area contributed by atoms with E-state index in [9.17, 15) is 13.6 Å². The first kappa shape index (κ1) is 15.4. The Bertz CT molecular complexity index is 704. The van der Waals surface area contributed by atoms with E-state index in [-0.39, 0.29) is 11.3 Å². The van der Waals surface area contributed by atoms with E-state index < -0.39 is 17.5 Å². The zero-order chi connectivity index (χ0) is 15.6. The molecule has 1 amide bonds. The predicted molar refractivity (Wildman–Crippen MR) is 82.2 cm³/mol. The van der Waals surface area contributed by atoms with E-state index in [1.54, 1.807) is 12.1 Å². The van der Waals surface area contributed by atoms with Gasteiger partial charge in [0.1, 0.15) is 11.6 Å². The molecule has 2 aromatic carbocycles. The van der Waals surface area contributed by atoms with Gasteiger partial charge in [-0.05, 0) is 36.2 Å². The predicted octanol–water partition coefficient (Wildman–Crippen LogP) is 4.12. The Morgan fingerprint density at radius 1 is 1.24 bits per heavy atom. The summed E-state index contributed by atoms with van der Waals surface area (Å²) in [4.78, 5) is 12.1. The van der Waals surface area contributed by atoms with Crippen LogP contribution in [-0.2, 0) is 6.42 Å². The Morgan fingerprint density at radius 3 is 2.62 bits per heavy atom. The molecule has 0 aromatic heterocycles. The van der Waals surface area contributed by atoms with E-state index >= 15 is 0 Å². The maximum absolute atomic E-state index is 13.7. The van der Waals surface area contributed by atoms with Gasteiger partial charge in [-0.15, -0.1) is 0 Å².